The van der Waals surface area contributed by atoms with Gasteiger partial charge in [-0.25, -0.2) is 0 Å². The molecule has 0 aromatic heterocycles. The molecule has 0 unspecified atom stereocenters. The number of nitrogens with one attached hydrogen (secondary N) is 2. The van der Waals surface area contributed by atoms with Crippen molar-refractivity contribution in [3.63, 3.8) is 0 Å². The lowest BCUT2D eigenvalue weighted by atomic mass is 9.81. The molecule has 2 N–H and O–H groups in total. The van der Waals surface area contributed by atoms with Crippen LogP contribution in [0.2, 0.25) is 0 Å². The number of hydrogen-bond acceptors (Lipinski definition) is 2. The zero-order chi connectivity index (χ0) is 12.5. The Kier molecular flexibility index (Phi) is 7.25. The summed E-state index contributed by atoms with van der Waals surface area (Å²) in [5, 5.41) is 6.14. The summed E-state index contributed by atoms with van der Waals surface area (Å²) >= 11 is 0. The van der Waals surface area contributed by atoms with Crippen LogP contribution in [0.3, 0.4) is 0 Å². The van der Waals surface area contributed by atoms with Gasteiger partial charge in [0.15, 0.2) is 0 Å². The number of hydrogen-bond donors (Lipinski definition) is 2. The second-order valence-corrected chi connectivity index (χ2v) is 5.28. The predicted molar refractivity (Wildman–Crippen MR) is 71.9 cm³/mol. The minimum Gasteiger partial charge on any atom is -0.359 e. The summed E-state index contributed by atoms with van der Waals surface area (Å²) in [5.74, 6) is 2.01. The van der Waals surface area contributed by atoms with E-state index in [9.17, 15) is 4.79 Å². The first-order chi connectivity index (χ1) is 8.26. The standard InChI is InChI=1S/C14H28N2O/c1-3-12-6-8-13(9-7-12)11-16-10-4-5-14(17)15-2/h12-13,16H,3-11H2,1-2H3,(H,15,17). The third-order valence-electron chi connectivity index (χ3n) is 4.01. The maximum atomic E-state index is 11.0. The van der Waals surface area contributed by atoms with E-state index in [0.29, 0.717) is 6.42 Å². The van der Waals surface area contributed by atoms with Crippen LogP contribution in [0.15, 0.2) is 0 Å². The van der Waals surface area contributed by atoms with Crippen LogP contribution >= 0.6 is 0 Å². The Balaban J connectivity index is 1.95. The molecule has 0 bridgehead atoms. The van der Waals surface area contributed by atoms with Crippen LogP contribution in [-0.2, 0) is 4.79 Å². The molecule has 3 heteroatoms. The molecule has 0 radical (unpaired) electrons. The molecule has 0 atom stereocenters. The van der Waals surface area contributed by atoms with Gasteiger partial charge < -0.3 is 10.6 Å². The third kappa shape index (κ3) is 6.06. The smallest absolute Gasteiger partial charge is 0.219 e. The Labute approximate surface area is 106 Å². The molecule has 1 aliphatic rings. The average molecular weight is 240 g/mol. The maximum Gasteiger partial charge on any atom is 0.219 e. The highest BCUT2D eigenvalue weighted by molar-refractivity contribution is 5.75. The summed E-state index contributed by atoms with van der Waals surface area (Å²) in [6, 6.07) is 0. The van der Waals surface area contributed by atoms with Crippen molar-refractivity contribution in [2.24, 2.45) is 11.8 Å². The van der Waals surface area contributed by atoms with E-state index in [-0.39, 0.29) is 5.91 Å². The molecule has 1 saturated carbocycles. The topological polar surface area (TPSA) is 41.1 Å². The van der Waals surface area contributed by atoms with Crippen molar-refractivity contribution in [2.45, 2.75) is 51.9 Å². The summed E-state index contributed by atoms with van der Waals surface area (Å²) in [5.41, 5.74) is 0. The highest BCUT2D eigenvalue weighted by Crippen LogP contribution is 2.29. The SMILES string of the molecule is CCC1CCC(CNCCCC(=O)NC)CC1. The van der Waals surface area contributed by atoms with Crippen LogP contribution in [0.25, 0.3) is 0 Å². The second-order valence-electron chi connectivity index (χ2n) is 5.28. The predicted octanol–water partition coefficient (Wildman–Crippen LogP) is 2.32. The van der Waals surface area contributed by atoms with Crippen molar-refractivity contribution in [1.29, 1.82) is 0 Å². The fourth-order valence-electron chi connectivity index (χ4n) is 2.65. The Bertz CT molecular complexity index is 210. The fourth-order valence-corrected chi connectivity index (χ4v) is 2.65. The van der Waals surface area contributed by atoms with Gasteiger partial charge in [0.2, 0.25) is 5.91 Å². The van der Waals surface area contributed by atoms with Crippen LogP contribution in [0.4, 0.5) is 0 Å². The van der Waals surface area contributed by atoms with Crippen LogP contribution in [0.1, 0.15) is 51.9 Å². The minimum absolute atomic E-state index is 0.148. The molecule has 0 heterocycles. The number of amides is 1. The normalized spacial score (nSPS) is 24.6. The third-order valence-corrected chi connectivity index (χ3v) is 4.01. The Morgan fingerprint density at radius 2 is 1.82 bits per heavy atom. The minimum atomic E-state index is 0.148. The van der Waals surface area contributed by atoms with Crippen molar-refractivity contribution in [3.8, 4) is 0 Å². The molecule has 1 aliphatic carbocycles. The molecule has 0 saturated heterocycles. The lowest BCUT2D eigenvalue weighted by molar-refractivity contribution is -0.120. The molecule has 0 aromatic carbocycles. The molecule has 100 valence electrons. The molecule has 0 spiro atoms. The van der Waals surface area contributed by atoms with Gasteiger partial charge in [-0.05, 0) is 44.2 Å². The molecular formula is C14H28N2O. The van der Waals surface area contributed by atoms with E-state index in [0.717, 1.165) is 31.3 Å². The van der Waals surface area contributed by atoms with Crippen LogP contribution in [-0.4, -0.2) is 26.0 Å². The van der Waals surface area contributed by atoms with E-state index in [1.165, 1.54) is 32.1 Å². The zero-order valence-corrected chi connectivity index (χ0v) is 11.4. The molecule has 17 heavy (non-hydrogen) atoms. The van der Waals surface area contributed by atoms with Crippen molar-refractivity contribution >= 4 is 5.91 Å². The van der Waals surface area contributed by atoms with Crippen molar-refractivity contribution < 1.29 is 4.79 Å². The molecule has 1 fully saturated rings. The fraction of sp³-hybridized carbons (Fsp3) is 0.929. The molecule has 0 aromatic rings. The number of rotatable bonds is 7. The summed E-state index contributed by atoms with van der Waals surface area (Å²) in [6.45, 7) is 4.42. The lowest BCUT2D eigenvalue weighted by Gasteiger charge is -2.27. The van der Waals surface area contributed by atoms with E-state index >= 15 is 0 Å². The van der Waals surface area contributed by atoms with Gasteiger partial charge in [-0.3, -0.25) is 4.79 Å². The average Bonchev–Trinajstić information content (AvgIpc) is 2.38. The maximum absolute atomic E-state index is 11.0. The molecule has 3 nitrogen and oxygen atoms in total. The van der Waals surface area contributed by atoms with Gasteiger partial charge in [-0.2, -0.15) is 0 Å². The Hall–Kier alpha value is -0.570. The first-order valence-electron chi connectivity index (χ1n) is 7.17. The summed E-state index contributed by atoms with van der Waals surface area (Å²) in [4.78, 5) is 11.0. The van der Waals surface area contributed by atoms with Gasteiger partial charge >= 0.3 is 0 Å². The molecular weight excluding hydrogens is 212 g/mol. The van der Waals surface area contributed by atoms with E-state index in [1.54, 1.807) is 7.05 Å². The largest absolute Gasteiger partial charge is 0.359 e. The van der Waals surface area contributed by atoms with Gasteiger partial charge in [-0.15, -0.1) is 0 Å². The van der Waals surface area contributed by atoms with Crippen LogP contribution in [0, 0.1) is 11.8 Å². The number of carbonyl (C=O) groups is 1. The van der Waals surface area contributed by atoms with E-state index < -0.39 is 0 Å². The van der Waals surface area contributed by atoms with Gasteiger partial charge in [0.25, 0.3) is 0 Å². The highest BCUT2D eigenvalue weighted by atomic mass is 16.1. The molecule has 0 aliphatic heterocycles. The van der Waals surface area contributed by atoms with Crippen molar-refractivity contribution in [2.75, 3.05) is 20.1 Å². The second kappa shape index (κ2) is 8.51. The van der Waals surface area contributed by atoms with E-state index in [4.69, 9.17) is 0 Å². The first kappa shape index (κ1) is 14.5. The van der Waals surface area contributed by atoms with E-state index in [2.05, 4.69) is 17.6 Å². The summed E-state index contributed by atoms with van der Waals surface area (Å²) < 4.78 is 0. The van der Waals surface area contributed by atoms with Gasteiger partial charge in [-0.1, -0.05) is 26.2 Å². The highest BCUT2D eigenvalue weighted by Gasteiger charge is 2.19. The zero-order valence-electron chi connectivity index (χ0n) is 11.4. The van der Waals surface area contributed by atoms with Gasteiger partial charge in [0.05, 0.1) is 0 Å². The molecule has 1 amide bonds. The quantitative estimate of drug-likeness (QED) is 0.671. The summed E-state index contributed by atoms with van der Waals surface area (Å²) in [6.07, 6.45) is 8.56. The Morgan fingerprint density at radius 3 is 2.41 bits per heavy atom. The lowest BCUT2D eigenvalue weighted by Crippen LogP contribution is -2.28. The molecule has 1 rings (SSSR count). The summed E-state index contributed by atoms with van der Waals surface area (Å²) in [7, 11) is 1.70. The Morgan fingerprint density at radius 1 is 1.18 bits per heavy atom. The van der Waals surface area contributed by atoms with Crippen LogP contribution < -0.4 is 10.6 Å². The van der Waals surface area contributed by atoms with Crippen molar-refractivity contribution in [3.05, 3.63) is 0 Å². The van der Waals surface area contributed by atoms with Gasteiger partial charge in [0, 0.05) is 13.5 Å². The van der Waals surface area contributed by atoms with Gasteiger partial charge in [0.1, 0.15) is 0 Å². The van der Waals surface area contributed by atoms with Crippen molar-refractivity contribution in [1.82, 2.24) is 10.6 Å². The monoisotopic (exact) mass is 240 g/mol. The number of carbonyl (C=O) groups excluding carboxylic acids is 1. The van der Waals surface area contributed by atoms with Crippen LogP contribution in [0.5, 0.6) is 0 Å². The van der Waals surface area contributed by atoms with E-state index in [1.807, 2.05) is 0 Å². The first-order valence-corrected chi connectivity index (χ1v) is 7.17.